The molecule has 0 spiro atoms. The zero-order chi connectivity index (χ0) is 11.8. The summed E-state index contributed by atoms with van der Waals surface area (Å²) >= 11 is 0. The molecular weight excluding hydrogens is 206 g/mol. The normalized spacial score (nSPS) is 10.2. The second-order valence-corrected chi connectivity index (χ2v) is 3.17. The first-order chi connectivity index (χ1) is 7.83. The summed E-state index contributed by atoms with van der Waals surface area (Å²) in [5.41, 5.74) is 3.55. The van der Waals surface area contributed by atoms with Crippen molar-refractivity contribution in [2.75, 3.05) is 30.5 Å². The molecule has 0 unspecified atom stereocenters. The molecule has 1 aromatic rings. The summed E-state index contributed by atoms with van der Waals surface area (Å²) in [6, 6.07) is 0. The van der Waals surface area contributed by atoms with Crippen molar-refractivity contribution in [3.05, 3.63) is 11.9 Å². The lowest BCUT2D eigenvalue weighted by Crippen LogP contribution is -2.16. The highest BCUT2D eigenvalue weighted by molar-refractivity contribution is 5.56. The second-order valence-electron chi connectivity index (χ2n) is 3.17. The molecule has 0 fully saturated rings. The number of nitrogens with zero attached hydrogens (tertiary/aromatic N) is 2. The van der Waals surface area contributed by atoms with Gasteiger partial charge in [-0.25, -0.2) is 15.8 Å². The van der Waals surface area contributed by atoms with Crippen molar-refractivity contribution < 1.29 is 4.74 Å². The minimum atomic E-state index is 0.662. The number of anilines is 2. The van der Waals surface area contributed by atoms with E-state index in [0.29, 0.717) is 12.4 Å². The molecule has 0 radical (unpaired) electrons. The van der Waals surface area contributed by atoms with Crippen LogP contribution in [-0.4, -0.2) is 29.7 Å². The summed E-state index contributed by atoms with van der Waals surface area (Å²) in [4.78, 5) is 8.24. The van der Waals surface area contributed by atoms with Gasteiger partial charge in [0.15, 0.2) is 0 Å². The lowest BCUT2D eigenvalue weighted by atomic mass is 10.2. The third kappa shape index (κ3) is 3.32. The highest BCUT2D eigenvalue weighted by atomic mass is 16.5. The quantitative estimate of drug-likeness (QED) is 0.361. The highest BCUT2D eigenvalue weighted by Gasteiger charge is 2.07. The van der Waals surface area contributed by atoms with Crippen LogP contribution in [0.15, 0.2) is 6.33 Å². The van der Waals surface area contributed by atoms with Gasteiger partial charge < -0.3 is 15.5 Å². The molecule has 1 rings (SSSR count). The summed E-state index contributed by atoms with van der Waals surface area (Å²) in [5, 5.41) is 3.20. The van der Waals surface area contributed by atoms with Crippen LogP contribution in [0.2, 0.25) is 0 Å². The predicted molar refractivity (Wildman–Crippen MR) is 64.2 cm³/mol. The molecule has 0 aliphatic rings. The van der Waals surface area contributed by atoms with E-state index < -0.39 is 0 Å². The van der Waals surface area contributed by atoms with E-state index in [1.165, 1.54) is 6.33 Å². The molecule has 6 nitrogen and oxygen atoms in total. The monoisotopic (exact) mass is 225 g/mol. The van der Waals surface area contributed by atoms with E-state index in [4.69, 9.17) is 10.6 Å². The Balaban J connectivity index is 2.63. The maximum absolute atomic E-state index is 5.38. The number of hydrazine groups is 1. The van der Waals surface area contributed by atoms with Gasteiger partial charge in [-0.3, -0.25) is 0 Å². The molecule has 16 heavy (non-hydrogen) atoms. The fraction of sp³-hybridized carbons (Fsp3) is 0.600. The van der Waals surface area contributed by atoms with E-state index in [2.05, 4.69) is 20.7 Å². The number of nitrogens with one attached hydrogen (secondary N) is 2. The van der Waals surface area contributed by atoms with Gasteiger partial charge in [0.25, 0.3) is 0 Å². The van der Waals surface area contributed by atoms with Gasteiger partial charge in [0.05, 0.1) is 6.61 Å². The van der Waals surface area contributed by atoms with Crippen molar-refractivity contribution in [1.29, 1.82) is 0 Å². The summed E-state index contributed by atoms with van der Waals surface area (Å²) in [5.74, 6) is 6.85. The molecule has 0 bridgehead atoms. The fourth-order valence-corrected chi connectivity index (χ4v) is 1.41. The van der Waals surface area contributed by atoms with Crippen molar-refractivity contribution in [1.82, 2.24) is 9.97 Å². The van der Waals surface area contributed by atoms with Crippen LogP contribution in [0, 0.1) is 0 Å². The molecule has 0 aliphatic heterocycles. The summed E-state index contributed by atoms with van der Waals surface area (Å²) < 4.78 is 5.24. The van der Waals surface area contributed by atoms with E-state index in [1.54, 1.807) is 0 Å². The molecule has 0 aromatic carbocycles. The molecule has 90 valence electrons. The first kappa shape index (κ1) is 12.7. The van der Waals surface area contributed by atoms with Crippen molar-refractivity contribution in [2.45, 2.75) is 20.3 Å². The molecule has 6 heteroatoms. The molecule has 0 atom stereocenters. The van der Waals surface area contributed by atoms with Crippen molar-refractivity contribution in [3.8, 4) is 0 Å². The molecular formula is C10H19N5O. The molecule has 0 aliphatic carbocycles. The Kier molecular flexibility index (Phi) is 5.52. The first-order valence-electron chi connectivity index (χ1n) is 5.45. The molecule has 0 saturated heterocycles. The Morgan fingerprint density at radius 3 is 2.69 bits per heavy atom. The molecule has 1 aromatic heterocycles. The number of ether oxygens (including phenoxy) is 1. The SMILES string of the molecule is CCOCCNc1ncnc(NN)c1CC. The van der Waals surface area contributed by atoms with E-state index in [9.17, 15) is 0 Å². The first-order valence-corrected chi connectivity index (χ1v) is 5.45. The number of nitrogen functional groups attached to an aromatic ring is 1. The fourth-order valence-electron chi connectivity index (χ4n) is 1.41. The second kappa shape index (κ2) is 6.97. The van der Waals surface area contributed by atoms with Crippen molar-refractivity contribution >= 4 is 11.6 Å². The number of nitrogens with two attached hydrogens (primary N) is 1. The maximum Gasteiger partial charge on any atom is 0.148 e. The van der Waals surface area contributed by atoms with Crippen LogP contribution in [0.1, 0.15) is 19.4 Å². The number of hydrogen-bond donors (Lipinski definition) is 3. The summed E-state index contributed by atoms with van der Waals surface area (Å²) in [6.45, 7) is 6.12. The minimum absolute atomic E-state index is 0.662. The molecule has 1 heterocycles. The minimum Gasteiger partial charge on any atom is -0.380 e. The standard InChI is InChI=1S/C10H19N5O/c1-3-8-9(12-5-6-16-4-2)13-7-14-10(8)15-11/h7H,3-6,11H2,1-2H3,(H2,12,13,14,15). The van der Waals surface area contributed by atoms with Gasteiger partial charge in [-0.1, -0.05) is 6.92 Å². The van der Waals surface area contributed by atoms with Crippen LogP contribution in [0.3, 0.4) is 0 Å². The zero-order valence-electron chi connectivity index (χ0n) is 9.79. The van der Waals surface area contributed by atoms with Crippen LogP contribution >= 0.6 is 0 Å². The van der Waals surface area contributed by atoms with Gasteiger partial charge in [0.1, 0.15) is 18.0 Å². The number of aromatic nitrogens is 2. The Morgan fingerprint density at radius 2 is 2.06 bits per heavy atom. The van der Waals surface area contributed by atoms with E-state index >= 15 is 0 Å². The zero-order valence-corrected chi connectivity index (χ0v) is 9.79. The van der Waals surface area contributed by atoms with Gasteiger partial charge in [-0.15, -0.1) is 0 Å². The lowest BCUT2D eigenvalue weighted by Gasteiger charge is -2.12. The van der Waals surface area contributed by atoms with Gasteiger partial charge in [-0.2, -0.15) is 0 Å². The van der Waals surface area contributed by atoms with Crippen LogP contribution < -0.4 is 16.6 Å². The average molecular weight is 225 g/mol. The topological polar surface area (TPSA) is 85.1 Å². The molecule has 4 N–H and O–H groups in total. The third-order valence-electron chi connectivity index (χ3n) is 2.18. The van der Waals surface area contributed by atoms with E-state index in [-0.39, 0.29) is 0 Å². The van der Waals surface area contributed by atoms with Crippen molar-refractivity contribution in [3.63, 3.8) is 0 Å². The largest absolute Gasteiger partial charge is 0.380 e. The van der Waals surface area contributed by atoms with Crippen LogP contribution in [0.4, 0.5) is 11.6 Å². The Hall–Kier alpha value is -1.40. The third-order valence-corrected chi connectivity index (χ3v) is 2.18. The Bertz CT molecular complexity index is 318. The number of hydrogen-bond acceptors (Lipinski definition) is 6. The predicted octanol–water partition coefficient (Wildman–Crippen LogP) is 0.773. The van der Waals surface area contributed by atoms with Crippen LogP contribution in [0.25, 0.3) is 0 Å². The van der Waals surface area contributed by atoms with Crippen LogP contribution in [-0.2, 0) is 11.2 Å². The summed E-state index contributed by atoms with van der Waals surface area (Å²) in [7, 11) is 0. The van der Waals surface area contributed by atoms with Gasteiger partial charge in [0, 0.05) is 18.7 Å². The maximum atomic E-state index is 5.38. The van der Waals surface area contributed by atoms with Crippen molar-refractivity contribution in [2.24, 2.45) is 5.84 Å². The van der Waals surface area contributed by atoms with Gasteiger partial charge >= 0.3 is 0 Å². The number of rotatable bonds is 7. The highest BCUT2D eigenvalue weighted by Crippen LogP contribution is 2.18. The Morgan fingerprint density at radius 1 is 1.31 bits per heavy atom. The molecule has 0 amide bonds. The summed E-state index contributed by atoms with van der Waals surface area (Å²) in [6.07, 6.45) is 2.30. The Labute approximate surface area is 95.6 Å². The van der Waals surface area contributed by atoms with Gasteiger partial charge in [-0.05, 0) is 13.3 Å². The molecule has 0 saturated carbocycles. The van der Waals surface area contributed by atoms with E-state index in [1.807, 2.05) is 13.8 Å². The van der Waals surface area contributed by atoms with E-state index in [0.717, 1.165) is 31.0 Å². The van der Waals surface area contributed by atoms with Gasteiger partial charge in [0.2, 0.25) is 0 Å². The lowest BCUT2D eigenvalue weighted by molar-refractivity contribution is 0.158. The average Bonchev–Trinajstić information content (AvgIpc) is 2.34. The van der Waals surface area contributed by atoms with Crippen LogP contribution in [0.5, 0.6) is 0 Å². The smallest absolute Gasteiger partial charge is 0.148 e.